The van der Waals surface area contributed by atoms with E-state index in [9.17, 15) is 9.59 Å². The molecule has 0 aliphatic carbocycles. The van der Waals surface area contributed by atoms with Gasteiger partial charge in [0, 0.05) is 13.6 Å². The number of aliphatic hydroxyl groups is 1. The van der Waals surface area contributed by atoms with E-state index >= 15 is 0 Å². The molecule has 1 aromatic carbocycles. The highest BCUT2D eigenvalue weighted by atomic mass is 32.2. The minimum absolute atomic E-state index is 0.00335. The summed E-state index contributed by atoms with van der Waals surface area (Å²) in [4.78, 5) is 27.2. The van der Waals surface area contributed by atoms with Crippen molar-refractivity contribution in [2.24, 2.45) is 0 Å². The zero-order valence-electron chi connectivity index (χ0n) is 11.9. The monoisotopic (exact) mass is 306 g/mol. The van der Waals surface area contributed by atoms with Gasteiger partial charge in [-0.3, -0.25) is 9.59 Å². The number of aliphatic hydroxyl groups excluding tert-OH is 1. The van der Waals surface area contributed by atoms with Gasteiger partial charge >= 0.3 is 0 Å². The van der Waals surface area contributed by atoms with Gasteiger partial charge in [-0.15, -0.1) is 11.8 Å². The van der Waals surface area contributed by atoms with Gasteiger partial charge in [0.1, 0.15) is 6.54 Å². The van der Waals surface area contributed by atoms with Crippen LogP contribution in [0.1, 0.15) is 5.56 Å². The quantitative estimate of drug-likeness (QED) is 0.882. The van der Waals surface area contributed by atoms with E-state index < -0.39 is 0 Å². The highest BCUT2D eigenvalue weighted by Crippen LogP contribution is 2.27. The molecule has 21 heavy (non-hydrogen) atoms. The van der Waals surface area contributed by atoms with Crippen molar-refractivity contribution in [1.82, 2.24) is 9.80 Å². The van der Waals surface area contributed by atoms with E-state index in [1.54, 1.807) is 7.05 Å². The Kier molecular flexibility index (Phi) is 5.41. The van der Waals surface area contributed by atoms with Crippen LogP contribution < -0.4 is 0 Å². The molecule has 2 amide bonds. The Balaban J connectivity index is 2.18. The smallest absolute Gasteiger partial charge is 0.242 e. The van der Waals surface area contributed by atoms with Crippen molar-refractivity contribution in [3.63, 3.8) is 0 Å². The number of thioether (sulfide) groups is 1. The molecule has 0 aromatic heterocycles. The molecular weight excluding hydrogens is 288 g/mol. The molecule has 0 fully saturated rings. The first-order chi connectivity index (χ1) is 10.1. The summed E-state index contributed by atoms with van der Waals surface area (Å²) in [6.07, 6.45) is 0. The van der Waals surface area contributed by atoms with Gasteiger partial charge in [-0.1, -0.05) is 30.3 Å². The molecule has 1 aliphatic heterocycles. The minimum atomic E-state index is -0.189. The number of nitrogens with zero attached hydrogens (tertiary/aromatic N) is 2. The molecule has 0 saturated heterocycles. The van der Waals surface area contributed by atoms with Gasteiger partial charge in [0.25, 0.3) is 0 Å². The molecule has 112 valence electrons. The summed E-state index contributed by atoms with van der Waals surface area (Å²) < 4.78 is 0. The van der Waals surface area contributed by atoms with Crippen LogP contribution in [0.5, 0.6) is 0 Å². The molecule has 5 nitrogen and oxygen atoms in total. The van der Waals surface area contributed by atoms with E-state index in [4.69, 9.17) is 5.11 Å². The maximum absolute atomic E-state index is 12.1. The molecular formula is C15H18N2O3S. The molecule has 2 rings (SSSR count). The number of hydrogen-bond acceptors (Lipinski definition) is 4. The summed E-state index contributed by atoms with van der Waals surface area (Å²) in [6, 6.07) is 9.54. The summed E-state index contributed by atoms with van der Waals surface area (Å²) in [6.45, 7) is 0.171. The topological polar surface area (TPSA) is 60.9 Å². The zero-order valence-corrected chi connectivity index (χ0v) is 12.7. The van der Waals surface area contributed by atoms with Crippen molar-refractivity contribution in [2.45, 2.75) is 0 Å². The zero-order chi connectivity index (χ0) is 15.2. The maximum atomic E-state index is 12.1. The highest BCUT2D eigenvalue weighted by molar-refractivity contribution is 8.03. The number of rotatable bonds is 5. The second-order valence-corrected chi connectivity index (χ2v) is 5.56. The Morgan fingerprint density at radius 3 is 2.76 bits per heavy atom. The third-order valence-electron chi connectivity index (χ3n) is 3.22. The number of carbonyl (C=O) groups is 2. The standard InChI is InChI=1S/C15H18N2O3S/c1-16(7-8-18)14(19)9-17-13(10-21-11-15(17)20)12-5-3-2-4-6-12/h2-6,10,18H,7-9,11H2,1H3. The molecule has 1 heterocycles. The van der Waals surface area contributed by atoms with Crippen molar-refractivity contribution in [3.05, 3.63) is 41.3 Å². The van der Waals surface area contributed by atoms with E-state index in [1.165, 1.54) is 21.6 Å². The number of carbonyl (C=O) groups excluding carboxylic acids is 2. The van der Waals surface area contributed by atoms with Crippen molar-refractivity contribution < 1.29 is 14.7 Å². The van der Waals surface area contributed by atoms with Crippen LogP contribution in [-0.4, -0.2) is 59.2 Å². The lowest BCUT2D eigenvalue weighted by molar-refractivity contribution is -0.136. The largest absolute Gasteiger partial charge is 0.395 e. The SMILES string of the molecule is CN(CCO)C(=O)CN1C(=O)CSC=C1c1ccccc1. The second-order valence-electron chi connectivity index (χ2n) is 4.70. The fourth-order valence-electron chi connectivity index (χ4n) is 2.00. The predicted octanol–water partition coefficient (Wildman–Crippen LogP) is 1.01. The number of hydrogen-bond donors (Lipinski definition) is 1. The third kappa shape index (κ3) is 3.86. The molecule has 1 aromatic rings. The normalized spacial score (nSPS) is 14.9. The number of benzene rings is 1. The lowest BCUT2D eigenvalue weighted by Gasteiger charge is -2.29. The minimum Gasteiger partial charge on any atom is -0.395 e. The van der Waals surface area contributed by atoms with Gasteiger partial charge in [0.15, 0.2) is 0 Å². The van der Waals surface area contributed by atoms with Gasteiger partial charge in [0.2, 0.25) is 11.8 Å². The molecule has 0 radical (unpaired) electrons. The second kappa shape index (κ2) is 7.28. The Bertz CT molecular complexity index is 545. The Morgan fingerprint density at radius 1 is 1.38 bits per heavy atom. The Labute approximate surface area is 128 Å². The highest BCUT2D eigenvalue weighted by Gasteiger charge is 2.26. The van der Waals surface area contributed by atoms with Crippen LogP contribution in [0.2, 0.25) is 0 Å². The van der Waals surface area contributed by atoms with Crippen molar-refractivity contribution in [3.8, 4) is 0 Å². The van der Waals surface area contributed by atoms with Crippen LogP contribution in [0.4, 0.5) is 0 Å². The molecule has 0 spiro atoms. The first-order valence-corrected chi connectivity index (χ1v) is 7.70. The van der Waals surface area contributed by atoms with Gasteiger partial charge in [-0.2, -0.15) is 0 Å². The molecule has 0 bridgehead atoms. The summed E-state index contributed by atoms with van der Waals surface area (Å²) in [5, 5.41) is 10.8. The van der Waals surface area contributed by atoms with E-state index in [1.807, 2.05) is 35.7 Å². The van der Waals surface area contributed by atoms with Crippen molar-refractivity contribution in [2.75, 3.05) is 32.5 Å². The van der Waals surface area contributed by atoms with E-state index in [0.717, 1.165) is 11.3 Å². The van der Waals surface area contributed by atoms with Crippen LogP contribution in [0.25, 0.3) is 5.70 Å². The third-order valence-corrected chi connectivity index (χ3v) is 4.02. The molecule has 1 N–H and O–H groups in total. The summed E-state index contributed by atoms with van der Waals surface area (Å²) in [5.74, 6) is 0.0751. The Hall–Kier alpha value is -1.79. The van der Waals surface area contributed by atoms with Crippen molar-refractivity contribution >= 4 is 29.3 Å². The Morgan fingerprint density at radius 2 is 2.10 bits per heavy atom. The van der Waals surface area contributed by atoms with Gasteiger partial charge in [-0.25, -0.2) is 0 Å². The fraction of sp³-hybridized carbons (Fsp3) is 0.333. The van der Waals surface area contributed by atoms with Crippen LogP contribution >= 0.6 is 11.8 Å². The molecule has 0 unspecified atom stereocenters. The number of likely N-dealkylation sites (N-methyl/N-ethyl adjacent to an activating group) is 1. The fourth-order valence-corrected chi connectivity index (χ4v) is 2.81. The summed E-state index contributed by atoms with van der Waals surface area (Å²) in [5.41, 5.74) is 1.67. The first-order valence-electron chi connectivity index (χ1n) is 6.66. The average Bonchev–Trinajstić information content (AvgIpc) is 2.50. The summed E-state index contributed by atoms with van der Waals surface area (Å²) >= 11 is 1.44. The van der Waals surface area contributed by atoms with Crippen molar-refractivity contribution in [1.29, 1.82) is 0 Å². The average molecular weight is 306 g/mol. The summed E-state index contributed by atoms with van der Waals surface area (Å²) in [7, 11) is 1.62. The van der Waals surface area contributed by atoms with E-state index in [2.05, 4.69) is 0 Å². The van der Waals surface area contributed by atoms with Gasteiger partial charge in [-0.05, 0) is 11.0 Å². The maximum Gasteiger partial charge on any atom is 0.242 e. The lowest BCUT2D eigenvalue weighted by atomic mass is 10.1. The van der Waals surface area contributed by atoms with Crippen LogP contribution in [0.15, 0.2) is 35.7 Å². The van der Waals surface area contributed by atoms with E-state index in [0.29, 0.717) is 5.75 Å². The molecule has 0 atom stereocenters. The number of amides is 2. The van der Waals surface area contributed by atoms with Crippen LogP contribution in [0, 0.1) is 0 Å². The van der Waals surface area contributed by atoms with E-state index in [-0.39, 0.29) is 31.5 Å². The van der Waals surface area contributed by atoms with Gasteiger partial charge < -0.3 is 14.9 Å². The predicted molar refractivity (Wildman–Crippen MR) is 83.3 cm³/mol. The van der Waals surface area contributed by atoms with Gasteiger partial charge in [0.05, 0.1) is 18.1 Å². The molecule has 6 heteroatoms. The lowest BCUT2D eigenvalue weighted by Crippen LogP contribution is -2.42. The molecule has 1 aliphatic rings. The van der Waals surface area contributed by atoms with Crippen LogP contribution in [-0.2, 0) is 9.59 Å². The van der Waals surface area contributed by atoms with Crippen LogP contribution in [0.3, 0.4) is 0 Å². The first kappa shape index (κ1) is 15.6. The molecule has 0 saturated carbocycles.